The smallest absolute Gasteiger partial charge is 0.0740 e. The lowest BCUT2D eigenvalue weighted by Crippen LogP contribution is -1.85. The van der Waals surface area contributed by atoms with Crippen LogP contribution in [-0.2, 0) is 16.9 Å². The van der Waals surface area contributed by atoms with Gasteiger partial charge < -0.3 is 0 Å². The summed E-state index contributed by atoms with van der Waals surface area (Å²) in [5.41, 5.74) is 4.81. The molecule has 0 aliphatic carbocycles. The average molecular weight is 257 g/mol. The van der Waals surface area contributed by atoms with E-state index in [1.807, 2.05) is 0 Å². The second-order valence-electron chi connectivity index (χ2n) is 4.77. The summed E-state index contributed by atoms with van der Waals surface area (Å²) in [4.78, 5) is 0. The molecule has 0 saturated carbocycles. The van der Waals surface area contributed by atoms with Crippen molar-refractivity contribution in [1.82, 2.24) is 0 Å². The molecule has 0 amide bonds. The molecule has 0 aromatic heterocycles. The number of rotatable bonds is 4. The summed E-state index contributed by atoms with van der Waals surface area (Å²) >= 11 is 0. The van der Waals surface area contributed by atoms with Crippen molar-refractivity contribution in [3.8, 4) is 0 Å². The first-order chi connectivity index (χ1) is 8.63. The quantitative estimate of drug-likeness (QED) is 0.717. The number of benzene rings is 2. The number of hydrogen-bond acceptors (Lipinski definition) is 1. The van der Waals surface area contributed by atoms with Crippen LogP contribution in [0, 0.1) is 13.8 Å². The van der Waals surface area contributed by atoms with E-state index < -0.39 is 7.80 Å². The molecule has 2 aromatic carbocycles. The summed E-state index contributed by atoms with van der Waals surface area (Å²) in [6.45, 7) is 4.13. The van der Waals surface area contributed by atoms with Crippen LogP contribution in [0.2, 0.25) is 0 Å². The Morgan fingerprint density at radius 1 is 0.722 bits per heavy atom. The Kier molecular flexibility index (Phi) is 4.28. The zero-order valence-electron chi connectivity index (χ0n) is 10.9. The molecule has 0 N–H and O–H groups in total. The monoisotopic (exact) mass is 257 g/mol. The second-order valence-corrected chi connectivity index (χ2v) is 6.37. The molecule has 0 aliphatic heterocycles. The van der Waals surface area contributed by atoms with Gasteiger partial charge in [0.2, 0.25) is 0 Å². The highest BCUT2D eigenvalue weighted by atomic mass is 31.1. The minimum atomic E-state index is -1.20. The molecule has 1 nitrogen and oxygen atoms in total. The van der Waals surface area contributed by atoms with Crippen LogP contribution in [0.25, 0.3) is 0 Å². The fraction of sp³-hybridized carbons (Fsp3) is 0.250. The molecule has 2 heteroatoms. The van der Waals surface area contributed by atoms with Crippen LogP contribution in [0.15, 0.2) is 48.5 Å². The largest absolute Gasteiger partial charge is 0.348 e. The van der Waals surface area contributed by atoms with E-state index in [2.05, 4.69) is 62.4 Å². The molecule has 18 heavy (non-hydrogen) atoms. The zero-order valence-corrected chi connectivity index (χ0v) is 11.8. The lowest BCUT2D eigenvalue weighted by molar-refractivity contribution is 0.586. The lowest BCUT2D eigenvalue weighted by Gasteiger charge is -1.96. The first kappa shape index (κ1) is 13.0. The van der Waals surface area contributed by atoms with Gasteiger partial charge in [-0.25, -0.2) is 0 Å². The normalized spacial score (nSPS) is 10.3. The number of aryl methyl sites for hydroxylation is 2. The third-order valence-electron chi connectivity index (χ3n) is 2.96. The van der Waals surface area contributed by atoms with Crippen LogP contribution in [0.1, 0.15) is 22.3 Å². The maximum Gasteiger partial charge on any atom is 0.348 e. The van der Waals surface area contributed by atoms with Crippen LogP contribution in [-0.4, -0.2) is 0 Å². The summed E-state index contributed by atoms with van der Waals surface area (Å²) < 4.78 is 12.1. The molecule has 0 radical (unpaired) electrons. The van der Waals surface area contributed by atoms with E-state index in [9.17, 15) is 4.57 Å². The predicted octanol–water partition coefficient (Wildman–Crippen LogP) is 4.83. The van der Waals surface area contributed by atoms with E-state index in [1.165, 1.54) is 11.1 Å². The lowest BCUT2D eigenvalue weighted by atomic mass is 10.2. The van der Waals surface area contributed by atoms with E-state index in [1.54, 1.807) is 0 Å². The summed E-state index contributed by atoms with van der Waals surface area (Å²) in [5.74, 6) is 0. The standard InChI is InChI=1S/C16H18OP/c1-13-3-7-15(8-4-13)11-18(17)12-16-9-5-14(2)6-10-16/h3-10H,11-12H2,1-2H3/q+1. The van der Waals surface area contributed by atoms with Crippen LogP contribution < -0.4 is 0 Å². The van der Waals surface area contributed by atoms with Crippen molar-refractivity contribution in [2.75, 3.05) is 0 Å². The molecule has 0 atom stereocenters. The molecule has 92 valence electrons. The average Bonchev–Trinajstić information content (AvgIpc) is 2.35. The molecule has 2 aromatic rings. The van der Waals surface area contributed by atoms with Gasteiger partial charge in [-0.2, -0.15) is 0 Å². The van der Waals surface area contributed by atoms with Crippen molar-refractivity contribution in [3.05, 3.63) is 70.8 Å². The van der Waals surface area contributed by atoms with Crippen molar-refractivity contribution < 1.29 is 4.57 Å². The molecule has 0 heterocycles. The highest BCUT2D eigenvalue weighted by molar-refractivity contribution is 7.42. The summed E-state index contributed by atoms with van der Waals surface area (Å²) in [5, 5.41) is 0. The van der Waals surface area contributed by atoms with Crippen LogP contribution in [0.3, 0.4) is 0 Å². The van der Waals surface area contributed by atoms with E-state index in [0.717, 1.165) is 11.1 Å². The molecule has 0 spiro atoms. The first-order valence-electron chi connectivity index (χ1n) is 6.16. The summed E-state index contributed by atoms with van der Waals surface area (Å²) in [6, 6.07) is 16.6. The summed E-state index contributed by atoms with van der Waals surface area (Å²) in [6.07, 6.45) is 1.34. The van der Waals surface area contributed by atoms with E-state index in [0.29, 0.717) is 12.3 Å². The molecular weight excluding hydrogens is 239 g/mol. The highest BCUT2D eigenvalue weighted by Crippen LogP contribution is 2.31. The minimum absolute atomic E-state index is 0.670. The van der Waals surface area contributed by atoms with Crippen molar-refractivity contribution in [3.63, 3.8) is 0 Å². The van der Waals surface area contributed by atoms with Gasteiger partial charge in [-0.3, -0.25) is 0 Å². The van der Waals surface area contributed by atoms with Crippen LogP contribution in [0.5, 0.6) is 0 Å². The Morgan fingerprint density at radius 2 is 1.06 bits per heavy atom. The van der Waals surface area contributed by atoms with Crippen molar-refractivity contribution in [2.24, 2.45) is 0 Å². The van der Waals surface area contributed by atoms with Gasteiger partial charge in [0.15, 0.2) is 12.3 Å². The fourth-order valence-corrected chi connectivity index (χ4v) is 3.20. The SMILES string of the molecule is Cc1ccc(C[P+](=O)Cc2ccc(C)cc2)cc1. The van der Waals surface area contributed by atoms with E-state index >= 15 is 0 Å². The zero-order chi connectivity index (χ0) is 13.0. The molecular formula is C16H18OP+. The Hall–Kier alpha value is -1.46. The maximum atomic E-state index is 12.1. The van der Waals surface area contributed by atoms with Crippen molar-refractivity contribution in [1.29, 1.82) is 0 Å². The van der Waals surface area contributed by atoms with Crippen LogP contribution in [0.4, 0.5) is 0 Å². The van der Waals surface area contributed by atoms with Gasteiger partial charge in [-0.1, -0.05) is 64.2 Å². The Balaban J connectivity index is 1.96. The molecule has 0 unspecified atom stereocenters. The highest BCUT2D eigenvalue weighted by Gasteiger charge is 2.16. The summed E-state index contributed by atoms with van der Waals surface area (Å²) in [7, 11) is -1.20. The first-order valence-corrected chi connectivity index (χ1v) is 7.79. The van der Waals surface area contributed by atoms with Gasteiger partial charge >= 0.3 is 7.80 Å². The van der Waals surface area contributed by atoms with Gasteiger partial charge in [0.05, 0.1) is 0 Å². The van der Waals surface area contributed by atoms with Crippen LogP contribution >= 0.6 is 7.80 Å². The maximum absolute atomic E-state index is 12.1. The second kappa shape index (κ2) is 5.93. The third-order valence-corrected chi connectivity index (χ3v) is 4.39. The van der Waals surface area contributed by atoms with Gasteiger partial charge in [0.25, 0.3) is 0 Å². The van der Waals surface area contributed by atoms with E-state index in [-0.39, 0.29) is 0 Å². The van der Waals surface area contributed by atoms with Crippen molar-refractivity contribution >= 4 is 7.80 Å². The van der Waals surface area contributed by atoms with Gasteiger partial charge in [-0.15, -0.1) is 0 Å². The fourth-order valence-electron chi connectivity index (χ4n) is 1.85. The third kappa shape index (κ3) is 3.78. The van der Waals surface area contributed by atoms with Crippen molar-refractivity contribution in [2.45, 2.75) is 26.2 Å². The van der Waals surface area contributed by atoms with Gasteiger partial charge in [0.1, 0.15) is 0 Å². The molecule has 0 bridgehead atoms. The topological polar surface area (TPSA) is 17.1 Å². The van der Waals surface area contributed by atoms with E-state index in [4.69, 9.17) is 0 Å². The Morgan fingerprint density at radius 3 is 1.39 bits per heavy atom. The predicted molar refractivity (Wildman–Crippen MR) is 77.4 cm³/mol. The molecule has 0 aliphatic rings. The molecule has 0 fully saturated rings. The Labute approximate surface area is 110 Å². The Bertz CT molecular complexity index is 477. The van der Waals surface area contributed by atoms with Gasteiger partial charge in [-0.05, 0) is 25.0 Å². The molecule has 2 rings (SSSR count). The van der Waals surface area contributed by atoms with Gasteiger partial charge in [0, 0.05) is 0 Å². The minimum Gasteiger partial charge on any atom is -0.0740 e. The molecule has 0 saturated heterocycles. The number of hydrogen-bond donors (Lipinski definition) is 0.